The van der Waals surface area contributed by atoms with Gasteiger partial charge < -0.3 is 5.32 Å². The predicted molar refractivity (Wildman–Crippen MR) is 95.8 cm³/mol. The summed E-state index contributed by atoms with van der Waals surface area (Å²) in [7, 11) is 0. The van der Waals surface area contributed by atoms with E-state index in [0.717, 1.165) is 11.8 Å². The quantitative estimate of drug-likeness (QED) is 0.377. The number of unbranched alkanes of at least 4 members (excludes halogenated alkanes) is 7. The Morgan fingerprint density at radius 3 is 2.05 bits per heavy atom. The van der Waals surface area contributed by atoms with Gasteiger partial charge in [0.1, 0.15) is 0 Å². The highest BCUT2D eigenvalue weighted by atomic mass is 14.9. The second-order valence-electron chi connectivity index (χ2n) is 8.18. The summed E-state index contributed by atoms with van der Waals surface area (Å²) in [6.07, 6.45) is 16.0. The normalized spacial score (nSPS) is 18.1. The van der Waals surface area contributed by atoms with Gasteiger partial charge >= 0.3 is 0 Å². The van der Waals surface area contributed by atoms with Gasteiger partial charge in [-0.05, 0) is 43.1 Å². The molecule has 0 amide bonds. The van der Waals surface area contributed by atoms with Gasteiger partial charge in [0.25, 0.3) is 0 Å². The predicted octanol–water partition coefficient (Wildman–Crippen LogP) is 6.18. The first-order chi connectivity index (χ1) is 10.1. The van der Waals surface area contributed by atoms with Crippen molar-refractivity contribution >= 4 is 0 Å². The number of hydrogen-bond donors (Lipinski definition) is 1. The van der Waals surface area contributed by atoms with Crippen LogP contribution in [0.5, 0.6) is 0 Å². The molecule has 1 rings (SSSR count). The van der Waals surface area contributed by atoms with E-state index in [-0.39, 0.29) is 0 Å². The minimum Gasteiger partial charge on any atom is -0.316 e. The minimum absolute atomic E-state index is 0.580. The lowest BCUT2D eigenvalue weighted by atomic mass is 9.79. The summed E-state index contributed by atoms with van der Waals surface area (Å²) in [5, 5.41) is 3.72. The monoisotopic (exact) mass is 295 g/mol. The van der Waals surface area contributed by atoms with Gasteiger partial charge in [-0.25, -0.2) is 0 Å². The van der Waals surface area contributed by atoms with Crippen LogP contribution in [0.1, 0.15) is 98.3 Å². The van der Waals surface area contributed by atoms with Crippen LogP contribution in [-0.4, -0.2) is 13.1 Å². The van der Waals surface area contributed by atoms with Gasteiger partial charge in [0.15, 0.2) is 0 Å². The summed E-state index contributed by atoms with van der Waals surface area (Å²) < 4.78 is 0. The van der Waals surface area contributed by atoms with Gasteiger partial charge in [0.05, 0.1) is 0 Å². The maximum atomic E-state index is 3.72. The van der Waals surface area contributed by atoms with E-state index in [0.29, 0.717) is 5.41 Å². The molecule has 21 heavy (non-hydrogen) atoms. The molecule has 1 heteroatoms. The van der Waals surface area contributed by atoms with Crippen molar-refractivity contribution in [2.24, 2.45) is 17.3 Å². The fraction of sp³-hybridized carbons (Fsp3) is 1.00. The number of nitrogens with one attached hydrogen (secondary N) is 1. The summed E-state index contributed by atoms with van der Waals surface area (Å²) in [6.45, 7) is 11.9. The summed E-state index contributed by atoms with van der Waals surface area (Å²) in [6, 6.07) is 0. The summed E-state index contributed by atoms with van der Waals surface area (Å²) >= 11 is 0. The number of hydrogen-bond acceptors (Lipinski definition) is 1. The van der Waals surface area contributed by atoms with E-state index >= 15 is 0 Å². The second kappa shape index (κ2) is 10.6. The van der Waals surface area contributed by atoms with Gasteiger partial charge in [-0.3, -0.25) is 0 Å². The van der Waals surface area contributed by atoms with E-state index in [4.69, 9.17) is 0 Å². The van der Waals surface area contributed by atoms with Gasteiger partial charge in [0, 0.05) is 6.54 Å². The lowest BCUT2D eigenvalue weighted by Crippen LogP contribution is -2.35. The van der Waals surface area contributed by atoms with Gasteiger partial charge in [0.2, 0.25) is 0 Å². The zero-order valence-electron chi connectivity index (χ0n) is 15.3. The third-order valence-corrected chi connectivity index (χ3v) is 5.25. The van der Waals surface area contributed by atoms with Crippen molar-refractivity contribution in [1.82, 2.24) is 5.32 Å². The summed E-state index contributed by atoms with van der Waals surface area (Å²) in [5.74, 6) is 1.79. The van der Waals surface area contributed by atoms with Gasteiger partial charge in [-0.15, -0.1) is 0 Å². The third kappa shape index (κ3) is 8.86. The standard InChI is InChI=1S/C20H41N/c1-5-6-7-8-9-10-11-12-15-20(4,19-13-14-19)17-21-16-18(2)3/h18-19,21H,5-17H2,1-4H3. The Kier molecular flexibility index (Phi) is 9.64. The van der Waals surface area contributed by atoms with Crippen LogP contribution in [0.4, 0.5) is 0 Å². The van der Waals surface area contributed by atoms with Crippen LogP contribution in [0.15, 0.2) is 0 Å². The van der Waals surface area contributed by atoms with Crippen LogP contribution in [-0.2, 0) is 0 Å². The molecule has 0 aromatic heterocycles. The molecule has 1 nitrogen and oxygen atoms in total. The maximum Gasteiger partial charge on any atom is 0.000793 e. The second-order valence-corrected chi connectivity index (χ2v) is 8.18. The zero-order valence-corrected chi connectivity index (χ0v) is 15.3. The number of rotatable bonds is 14. The summed E-state index contributed by atoms with van der Waals surface area (Å²) in [4.78, 5) is 0. The molecule has 0 aromatic rings. The largest absolute Gasteiger partial charge is 0.316 e. The Labute approximate surface area is 134 Å². The lowest BCUT2D eigenvalue weighted by molar-refractivity contribution is 0.225. The zero-order chi connectivity index (χ0) is 15.6. The Bertz CT molecular complexity index is 244. The molecule has 1 unspecified atom stereocenters. The third-order valence-electron chi connectivity index (χ3n) is 5.25. The average molecular weight is 296 g/mol. The molecular weight excluding hydrogens is 254 g/mol. The highest BCUT2D eigenvalue weighted by Gasteiger charge is 2.40. The van der Waals surface area contributed by atoms with Crippen LogP contribution in [0.2, 0.25) is 0 Å². The van der Waals surface area contributed by atoms with Crippen LogP contribution in [0, 0.1) is 17.3 Å². The Balaban J connectivity index is 2.07. The molecule has 0 heterocycles. The van der Waals surface area contributed by atoms with Crippen molar-refractivity contribution < 1.29 is 0 Å². The Morgan fingerprint density at radius 1 is 0.952 bits per heavy atom. The highest BCUT2D eigenvalue weighted by molar-refractivity contribution is 4.92. The van der Waals surface area contributed by atoms with Crippen LogP contribution in [0.25, 0.3) is 0 Å². The van der Waals surface area contributed by atoms with Crippen LogP contribution in [0.3, 0.4) is 0 Å². The highest BCUT2D eigenvalue weighted by Crippen LogP contribution is 2.48. The molecule has 0 saturated heterocycles. The maximum absolute atomic E-state index is 3.72. The van der Waals surface area contributed by atoms with Crippen molar-refractivity contribution in [2.45, 2.75) is 98.3 Å². The molecule has 1 aliphatic rings. The molecule has 0 aliphatic heterocycles. The fourth-order valence-corrected chi connectivity index (χ4v) is 3.53. The molecule has 0 aromatic carbocycles. The van der Waals surface area contributed by atoms with Crippen molar-refractivity contribution in [1.29, 1.82) is 0 Å². The van der Waals surface area contributed by atoms with Crippen molar-refractivity contribution in [3.63, 3.8) is 0 Å². The van der Waals surface area contributed by atoms with Crippen LogP contribution >= 0.6 is 0 Å². The molecule has 0 radical (unpaired) electrons. The Hall–Kier alpha value is -0.0400. The lowest BCUT2D eigenvalue weighted by Gasteiger charge is -2.31. The molecule has 1 N–H and O–H groups in total. The molecule has 1 saturated carbocycles. The molecule has 1 atom stereocenters. The van der Waals surface area contributed by atoms with Gasteiger partial charge in [-0.2, -0.15) is 0 Å². The Morgan fingerprint density at radius 2 is 1.52 bits per heavy atom. The topological polar surface area (TPSA) is 12.0 Å². The minimum atomic E-state index is 0.580. The summed E-state index contributed by atoms with van der Waals surface area (Å²) in [5.41, 5.74) is 0.580. The van der Waals surface area contributed by atoms with E-state index < -0.39 is 0 Å². The SMILES string of the molecule is CCCCCCCCCCC(C)(CNCC(C)C)C1CC1. The smallest absolute Gasteiger partial charge is 0.000793 e. The molecule has 1 aliphatic carbocycles. The molecule has 0 bridgehead atoms. The first-order valence-corrected chi connectivity index (χ1v) is 9.79. The first kappa shape index (κ1) is 19.0. The van der Waals surface area contributed by atoms with E-state index in [9.17, 15) is 0 Å². The average Bonchev–Trinajstić information content (AvgIpc) is 3.26. The molecule has 126 valence electrons. The van der Waals surface area contributed by atoms with Crippen molar-refractivity contribution in [3.05, 3.63) is 0 Å². The van der Waals surface area contributed by atoms with E-state index in [1.807, 2.05) is 0 Å². The molecule has 1 fully saturated rings. The van der Waals surface area contributed by atoms with E-state index in [1.54, 1.807) is 0 Å². The van der Waals surface area contributed by atoms with Crippen molar-refractivity contribution in [3.8, 4) is 0 Å². The molecule has 0 spiro atoms. The van der Waals surface area contributed by atoms with E-state index in [2.05, 4.69) is 33.0 Å². The molecular formula is C20H41N. The van der Waals surface area contributed by atoms with E-state index in [1.165, 1.54) is 83.7 Å². The fourth-order valence-electron chi connectivity index (χ4n) is 3.53. The first-order valence-electron chi connectivity index (χ1n) is 9.79. The van der Waals surface area contributed by atoms with Crippen LogP contribution < -0.4 is 5.32 Å². The van der Waals surface area contributed by atoms with Crippen molar-refractivity contribution in [2.75, 3.05) is 13.1 Å². The van der Waals surface area contributed by atoms with Gasteiger partial charge in [-0.1, -0.05) is 79.1 Å².